The van der Waals surface area contributed by atoms with Gasteiger partial charge >= 0.3 is 0 Å². The van der Waals surface area contributed by atoms with Gasteiger partial charge in [0, 0.05) is 50.4 Å². The third-order valence-electron chi connectivity index (χ3n) is 5.40. The van der Waals surface area contributed by atoms with Crippen LogP contribution in [0.5, 0.6) is 0 Å². The summed E-state index contributed by atoms with van der Waals surface area (Å²) in [6.45, 7) is 2.33. The maximum absolute atomic E-state index is 13.9. The Kier molecular flexibility index (Phi) is 4.73. The summed E-state index contributed by atoms with van der Waals surface area (Å²) >= 11 is 0. The van der Waals surface area contributed by atoms with Crippen molar-refractivity contribution in [3.05, 3.63) is 71.3 Å². The second-order valence-corrected chi connectivity index (χ2v) is 7.47. The monoisotopic (exact) mass is 430 g/mol. The zero-order valence-electron chi connectivity index (χ0n) is 16.4. The molecular formula is C20H19F3N7O+. The average molecular weight is 430 g/mol. The van der Waals surface area contributed by atoms with Crippen LogP contribution in [0.1, 0.15) is 11.3 Å². The summed E-state index contributed by atoms with van der Waals surface area (Å²) in [5, 5.41) is 4.44. The summed E-state index contributed by atoms with van der Waals surface area (Å²) in [6, 6.07) is 4.90. The number of nitrogens with two attached hydrogens (primary N) is 1. The summed E-state index contributed by atoms with van der Waals surface area (Å²) in [4.78, 5) is 12.8. The number of quaternary nitrogens is 1. The Morgan fingerprint density at radius 2 is 1.84 bits per heavy atom. The van der Waals surface area contributed by atoms with E-state index in [1.54, 1.807) is 24.5 Å². The first-order chi connectivity index (χ1) is 14.9. The van der Waals surface area contributed by atoms with Crippen molar-refractivity contribution >= 4 is 17.9 Å². The first-order valence-corrected chi connectivity index (χ1v) is 9.70. The van der Waals surface area contributed by atoms with Gasteiger partial charge in [-0.05, 0) is 21.9 Å². The van der Waals surface area contributed by atoms with Crippen molar-refractivity contribution in [1.82, 2.24) is 9.80 Å². The molecule has 0 spiro atoms. The number of benzene rings is 1. The molecule has 11 heteroatoms. The van der Waals surface area contributed by atoms with Gasteiger partial charge in [0.1, 0.15) is 23.7 Å². The highest BCUT2D eigenvalue weighted by molar-refractivity contribution is 6.31. The number of amidine groups is 2. The lowest BCUT2D eigenvalue weighted by Gasteiger charge is -2.36. The van der Waals surface area contributed by atoms with E-state index in [9.17, 15) is 13.2 Å². The zero-order chi connectivity index (χ0) is 21.6. The van der Waals surface area contributed by atoms with Gasteiger partial charge in [0.05, 0.1) is 6.26 Å². The molecular weight excluding hydrogens is 411 g/mol. The lowest BCUT2D eigenvalue weighted by atomic mass is 10.1. The van der Waals surface area contributed by atoms with Crippen molar-refractivity contribution in [3.63, 3.8) is 0 Å². The lowest BCUT2D eigenvalue weighted by Crippen LogP contribution is -2.52. The van der Waals surface area contributed by atoms with E-state index in [0.29, 0.717) is 61.6 Å². The van der Waals surface area contributed by atoms with Crippen molar-refractivity contribution < 1.29 is 22.3 Å². The van der Waals surface area contributed by atoms with Crippen LogP contribution in [0.3, 0.4) is 0 Å². The van der Waals surface area contributed by atoms with Crippen molar-refractivity contribution in [2.75, 3.05) is 26.2 Å². The Hall–Kier alpha value is -3.28. The molecule has 160 valence electrons. The summed E-state index contributed by atoms with van der Waals surface area (Å²) in [5.74, 6) is 5.73. The second kappa shape index (κ2) is 7.45. The number of furan rings is 1. The molecule has 1 aromatic heterocycles. The molecule has 4 heterocycles. The van der Waals surface area contributed by atoms with E-state index < -0.39 is 17.5 Å². The van der Waals surface area contributed by atoms with Crippen LogP contribution in [0.15, 0.2) is 62.1 Å². The number of halogens is 3. The molecule has 1 atom stereocenters. The van der Waals surface area contributed by atoms with E-state index in [1.807, 2.05) is 9.80 Å². The fraction of sp³-hybridized carbons (Fsp3) is 0.250. The van der Waals surface area contributed by atoms with Crippen LogP contribution in [-0.4, -0.2) is 58.6 Å². The van der Waals surface area contributed by atoms with Crippen LogP contribution >= 0.6 is 0 Å². The number of hydrogen-bond donors (Lipinski definition) is 1. The largest absolute Gasteiger partial charge is 0.461 e. The Morgan fingerprint density at radius 3 is 2.52 bits per heavy atom. The van der Waals surface area contributed by atoms with Crippen LogP contribution in [0, 0.1) is 17.5 Å². The van der Waals surface area contributed by atoms with Crippen molar-refractivity contribution in [2.24, 2.45) is 20.9 Å². The van der Waals surface area contributed by atoms with Gasteiger partial charge < -0.3 is 9.32 Å². The van der Waals surface area contributed by atoms with E-state index in [1.165, 1.54) is 6.26 Å². The Morgan fingerprint density at radius 1 is 1.10 bits per heavy atom. The fourth-order valence-corrected chi connectivity index (χ4v) is 3.72. The molecule has 3 aliphatic heterocycles. The Bertz CT molecular complexity index is 1110. The molecule has 0 amide bonds. The molecule has 0 radical (unpaired) electrons. The Balaban J connectivity index is 1.27. The van der Waals surface area contributed by atoms with Crippen molar-refractivity contribution in [1.29, 1.82) is 0 Å². The molecule has 0 aliphatic carbocycles. The first-order valence-electron chi connectivity index (χ1n) is 9.70. The molecule has 31 heavy (non-hydrogen) atoms. The predicted molar refractivity (Wildman–Crippen MR) is 107 cm³/mol. The van der Waals surface area contributed by atoms with Gasteiger partial charge in [-0.1, -0.05) is 0 Å². The number of hydrogen-bond acceptors (Lipinski definition) is 7. The summed E-state index contributed by atoms with van der Waals surface area (Å²) in [6.07, 6.45) is 4.81. The summed E-state index contributed by atoms with van der Waals surface area (Å²) < 4.78 is 46.0. The molecule has 3 aliphatic rings. The average Bonchev–Trinajstić information content (AvgIpc) is 3.38. The van der Waals surface area contributed by atoms with Gasteiger partial charge in [-0.15, -0.1) is 5.84 Å². The molecule has 1 aromatic carbocycles. The maximum Gasteiger partial charge on any atom is 0.300 e. The Labute approximate surface area is 175 Å². The number of fused-ring (bicyclic) bond motifs is 1. The van der Waals surface area contributed by atoms with Crippen molar-refractivity contribution in [3.8, 4) is 0 Å². The molecule has 8 nitrogen and oxygen atoms in total. The molecule has 5 rings (SSSR count). The van der Waals surface area contributed by atoms with Gasteiger partial charge in [-0.3, -0.25) is 4.90 Å². The van der Waals surface area contributed by atoms with E-state index in [4.69, 9.17) is 10.3 Å². The number of nitrogens with zero attached hydrogens (tertiary/aromatic N) is 6. The number of rotatable bonds is 4. The molecule has 2 N–H and O–H groups in total. The SMILES string of the molecule is N[N+]12C=C(N3CCN(Cc4c(F)cc(F)cc4F)CC3)N=CC1=NC(c1ccco1)=N2. The standard InChI is InChI=1S/C20H19F3N7O/c21-13-8-15(22)14(16(23)9-13)11-28-3-5-29(6-4-28)18-12-30(24)19(10-25-18)26-20(27-30)17-2-1-7-31-17/h1-2,7-10,12H,3-6,11,24H2/q+1. The molecule has 2 aromatic rings. The fourth-order valence-electron chi connectivity index (χ4n) is 3.72. The van der Waals surface area contributed by atoms with Gasteiger partial charge in [0.15, 0.2) is 17.8 Å². The maximum atomic E-state index is 13.9. The van der Waals surface area contributed by atoms with Crippen LogP contribution in [0.4, 0.5) is 13.2 Å². The highest BCUT2D eigenvalue weighted by Crippen LogP contribution is 2.24. The second-order valence-electron chi connectivity index (χ2n) is 7.47. The lowest BCUT2D eigenvalue weighted by molar-refractivity contribution is -0.803. The van der Waals surface area contributed by atoms with E-state index in [0.717, 1.165) is 0 Å². The van der Waals surface area contributed by atoms with Crippen molar-refractivity contribution in [2.45, 2.75) is 6.54 Å². The number of piperazine rings is 1. The zero-order valence-corrected chi connectivity index (χ0v) is 16.4. The minimum atomic E-state index is -0.924. The summed E-state index contributed by atoms with van der Waals surface area (Å²) in [7, 11) is 0. The van der Waals surface area contributed by atoms with Crippen LogP contribution in [0.2, 0.25) is 0 Å². The highest BCUT2D eigenvalue weighted by atomic mass is 19.1. The van der Waals surface area contributed by atoms with Crippen LogP contribution in [-0.2, 0) is 6.54 Å². The van der Waals surface area contributed by atoms with Gasteiger partial charge in [0.25, 0.3) is 11.7 Å². The smallest absolute Gasteiger partial charge is 0.300 e. The van der Waals surface area contributed by atoms with Crippen LogP contribution in [0.25, 0.3) is 0 Å². The van der Waals surface area contributed by atoms with Gasteiger partial charge in [-0.2, -0.15) is 4.99 Å². The normalized spacial score (nSPS) is 23.5. The molecule has 1 fully saturated rings. The van der Waals surface area contributed by atoms with Gasteiger partial charge in [0.2, 0.25) is 0 Å². The summed E-state index contributed by atoms with van der Waals surface area (Å²) in [5.41, 5.74) is -0.131. The van der Waals surface area contributed by atoms with Gasteiger partial charge in [-0.25, -0.2) is 18.2 Å². The predicted octanol–water partition coefficient (Wildman–Crippen LogP) is 2.16. The molecule has 0 saturated carbocycles. The minimum Gasteiger partial charge on any atom is -0.461 e. The molecule has 1 unspecified atom stereocenters. The first kappa shape index (κ1) is 19.7. The van der Waals surface area contributed by atoms with E-state index >= 15 is 0 Å². The number of aliphatic imine (C=N–C) groups is 2. The quantitative estimate of drug-likeness (QED) is 0.595. The third kappa shape index (κ3) is 3.67. The third-order valence-corrected chi connectivity index (χ3v) is 5.40. The van der Waals surface area contributed by atoms with E-state index in [-0.39, 0.29) is 16.8 Å². The van der Waals surface area contributed by atoms with Crippen LogP contribution < -0.4 is 5.84 Å². The molecule has 1 saturated heterocycles. The topological polar surface area (TPSA) is 82.7 Å². The molecule has 0 bridgehead atoms. The van der Waals surface area contributed by atoms with E-state index in [2.05, 4.69) is 15.1 Å². The minimum absolute atomic E-state index is 0.0681. The highest BCUT2D eigenvalue weighted by Gasteiger charge is 2.41.